The van der Waals surface area contributed by atoms with E-state index in [2.05, 4.69) is 17.1 Å². The van der Waals surface area contributed by atoms with E-state index in [9.17, 15) is 18.0 Å². The molecule has 7 nitrogen and oxygen atoms in total. The van der Waals surface area contributed by atoms with Gasteiger partial charge in [-0.05, 0) is 51.1 Å². The van der Waals surface area contributed by atoms with E-state index >= 15 is 0 Å². The van der Waals surface area contributed by atoms with E-state index in [-0.39, 0.29) is 40.4 Å². The first-order valence-corrected chi connectivity index (χ1v) is 10.7. The minimum Gasteiger partial charge on any atom is -0.350 e. The van der Waals surface area contributed by atoms with Gasteiger partial charge in [0.1, 0.15) is 0 Å². The van der Waals surface area contributed by atoms with E-state index in [1.54, 1.807) is 0 Å². The normalized spacial score (nSPS) is 21.2. The van der Waals surface area contributed by atoms with Gasteiger partial charge in [0.2, 0.25) is 15.9 Å². The second-order valence-corrected chi connectivity index (χ2v) is 9.03. The maximum atomic E-state index is 12.5. The summed E-state index contributed by atoms with van der Waals surface area (Å²) in [6.07, 6.45) is 2.29. The third-order valence-electron chi connectivity index (χ3n) is 4.83. The maximum Gasteiger partial charge on any atom is 0.252 e. The van der Waals surface area contributed by atoms with Gasteiger partial charge in [-0.25, -0.2) is 12.7 Å². The first kappa shape index (κ1) is 19.1. The van der Waals surface area contributed by atoms with Gasteiger partial charge in [0, 0.05) is 19.0 Å². The lowest BCUT2D eigenvalue weighted by Gasteiger charge is -2.24. The Hall–Kier alpha value is -1.64. The van der Waals surface area contributed by atoms with Crippen LogP contribution < -0.4 is 9.62 Å². The summed E-state index contributed by atoms with van der Waals surface area (Å²) in [7, 11) is -3.68. The Morgan fingerprint density at radius 3 is 2.62 bits per heavy atom. The van der Waals surface area contributed by atoms with Gasteiger partial charge in [-0.3, -0.25) is 14.5 Å². The lowest BCUT2D eigenvalue weighted by molar-refractivity contribution is -0.116. The van der Waals surface area contributed by atoms with Crippen LogP contribution >= 0.6 is 11.6 Å². The lowest BCUT2D eigenvalue weighted by atomic mass is 10.1. The van der Waals surface area contributed by atoms with Gasteiger partial charge in [-0.15, -0.1) is 0 Å². The molecule has 1 unspecified atom stereocenters. The van der Waals surface area contributed by atoms with Crippen LogP contribution in [0.5, 0.6) is 0 Å². The number of anilines is 1. The van der Waals surface area contributed by atoms with Gasteiger partial charge in [0.25, 0.3) is 5.91 Å². The quantitative estimate of drug-likeness (QED) is 0.813. The predicted molar refractivity (Wildman–Crippen MR) is 99.9 cm³/mol. The zero-order valence-corrected chi connectivity index (χ0v) is 16.1. The van der Waals surface area contributed by atoms with Crippen molar-refractivity contribution >= 4 is 39.1 Å². The van der Waals surface area contributed by atoms with Crippen LogP contribution in [0.25, 0.3) is 0 Å². The predicted octanol–water partition coefficient (Wildman–Crippen LogP) is 1.62. The Labute approximate surface area is 158 Å². The van der Waals surface area contributed by atoms with E-state index in [0.29, 0.717) is 6.54 Å². The summed E-state index contributed by atoms with van der Waals surface area (Å²) in [6, 6.07) is 4.45. The molecule has 9 heteroatoms. The second-order valence-electron chi connectivity index (χ2n) is 6.69. The average molecular weight is 400 g/mol. The van der Waals surface area contributed by atoms with Crippen molar-refractivity contribution in [2.24, 2.45) is 0 Å². The topological polar surface area (TPSA) is 86.8 Å². The fourth-order valence-corrected chi connectivity index (χ4v) is 4.98. The number of amides is 2. The van der Waals surface area contributed by atoms with E-state index in [1.807, 2.05) is 0 Å². The van der Waals surface area contributed by atoms with Crippen LogP contribution in [0.15, 0.2) is 18.2 Å². The summed E-state index contributed by atoms with van der Waals surface area (Å²) in [5.41, 5.74) is 0.308. The number of nitrogens with zero attached hydrogens (tertiary/aromatic N) is 2. The molecule has 1 aromatic carbocycles. The Morgan fingerprint density at radius 2 is 2.00 bits per heavy atom. The summed E-state index contributed by atoms with van der Waals surface area (Å²) >= 11 is 6.12. The zero-order valence-electron chi connectivity index (χ0n) is 14.6. The lowest BCUT2D eigenvalue weighted by Crippen LogP contribution is -2.40. The largest absolute Gasteiger partial charge is 0.350 e. The maximum absolute atomic E-state index is 12.5. The SMILES string of the molecule is CC(CNC(=O)c1cc(N2C(=O)CCS2(=O)=O)ccc1Cl)N1CCCC1. The van der Waals surface area contributed by atoms with Gasteiger partial charge in [-0.2, -0.15) is 0 Å². The smallest absolute Gasteiger partial charge is 0.252 e. The molecule has 2 fully saturated rings. The Bertz CT molecular complexity index is 821. The molecule has 3 rings (SSSR count). The summed E-state index contributed by atoms with van der Waals surface area (Å²) in [5.74, 6) is -1.10. The molecule has 1 aromatic rings. The standard InChI is InChI=1S/C17H22ClN3O4S/c1-12(20-7-2-3-8-20)11-19-17(23)14-10-13(4-5-15(14)18)21-16(22)6-9-26(21,24)25/h4-5,10,12H,2-3,6-9,11H2,1H3,(H,19,23). The van der Waals surface area contributed by atoms with Gasteiger partial charge in [-0.1, -0.05) is 11.6 Å². The van der Waals surface area contributed by atoms with Crippen LogP contribution in [0.2, 0.25) is 5.02 Å². The number of likely N-dealkylation sites (tertiary alicyclic amines) is 1. The zero-order chi connectivity index (χ0) is 18.9. The molecule has 142 valence electrons. The molecule has 2 amide bonds. The third-order valence-corrected chi connectivity index (χ3v) is 6.85. The van der Waals surface area contributed by atoms with Gasteiger partial charge in [0.15, 0.2) is 0 Å². The molecule has 0 aliphatic carbocycles. The Balaban J connectivity index is 1.75. The van der Waals surface area contributed by atoms with Crippen molar-refractivity contribution in [1.82, 2.24) is 10.2 Å². The molecule has 2 aliphatic rings. The minimum absolute atomic E-state index is 0.0557. The number of hydrogen-bond acceptors (Lipinski definition) is 5. The van der Waals surface area contributed by atoms with Gasteiger partial charge >= 0.3 is 0 Å². The molecule has 1 atom stereocenters. The molecule has 0 spiro atoms. The first-order valence-electron chi connectivity index (χ1n) is 8.67. The summed E-state index contributed by atoms with van der Waals surface area (Å²) in [5, 5.41) is 3.06. The van der Waals surface area contributed by atoms with E-state index in [4.69, 9.17) is 11.6 Å². The average Bonchev–Trinajstić information content (AvgIpc) is 3.22. The highest BCUT2D eigenvalue weighted by Gasteiger charge is 2.36. The van der Waals surface area contributed by atoms with Gasteiger partial charge < -0.3 is 5.32 Å². The van der Waals surface area contributed by atoms with Crippen molar-refractivity contribution in [2.75, 3.05) is 29.7 Å². The molecule has 2 aliphatic heterocycles. The molecule has 0 radical (unpaired) electrons. The number of nitrogens with one attached hydrogen (secondary N) is 1. The fourth-order valence-electron chi connectivity index (χ4n) is 3.33. The van der Waals surface area contributed by atoms with Crippen molar-refractivity contribution in [3.05, 3.63) is 28.8 Å². The Kier molecular flexibility index (Phi) is 5.55. The molecular weight excluding hydrogens is 378 g/mol. The summed E-state index contributed by atoms with van der Waals surface area (Å²) in [6.45, 7) is 4.59. The van der Waals surface area contributed by atoms with Crippen LogP contribution in [0.4, 0.5) is 5.69 Å². The minimum atomic E-state index is -3.68. The van der Waals surface area contributed by atoms with Crippen LogP contribution in [-0.4, -0.2) is 56.6 Å². The van der Waals surface area contributed by atoms with E-state index < -0.39 is 15.9 Å². The van der Waals surface area contributed by atoms with Crippen LogP contribution in [0, 0.1) is 0 Å². The summed E-state index contributed by atoms with van der Waals surface area (Å²) < 4.78 is 24.9. The van der Waals surface area contributed by atoms with E-state index in [1.165, 1.54) is 31.0 Å². The number of benzene rings is 1. The molecule has 0 bridgehead atoms. The van der Waals surface area contributed by atoms with Crippen molar-refractivity contribution in [3.63, 3.8) is 0 Å². The van der Waals surface area contributed by atoms with E-state index in [0.717, 1.165) is 17.4 Å². The number of rotatable bonds is 5. The van der Waals surface area contributed by atoms with Crippen LogP contribution in [0.1, 0.15) is 36.5 Å². The van der Waals surface area contributed by atoms with Gasteiger partial charge in [0.05, 0.1) is 22.0 Å². The van der Waals surface area contributed by atoms with Crippen LogP contribution in [0.3, 0.4) is 0 Å². The first-order chi connectivity index (χ1) is 12.3. The fraction of sp³-hybridized carbons (Fsp3) is 0.529. The number of halogens is 1. The molecule has 2 saturated heterocycles. The van der Waals surface area contributed by atoms with Crippen molar-refractivity contribution in [3.8, 4) is 0 Å². The molecular formula is C17H22ClN3O4S. The Morgan fingerprint density at radius 1 is 1.31 bits per heavy atom. The molecule has 1 N–H and O–H groups in total. The monoisotopic (exact) mass is 399 g/mol. The highest BCUT2D eigenvalue weighted by molar-refractivity contribution is 7.94. The highest BCUT2D eigenvalue weighted by atomic mass is 35.5. The third kappa shape index (κ3) is 3.87. The van der Waals surface area contributed by atoms with Crippen molar-refractivity contribution in [1.29, 1.82) is 0 Å². The van der Waals surface area contributed by atoms with Crippen molar-refractivity contribution < 1.29 is 18.0 Å². The van der Waals surface area contributed by atoms with Crippen molar-refractivity contribution in [2.45, 2.75) is 32.2 Å². The highest BCUT2D eigenvalue weighted by Crippen LogP contribution is 2.29. The summed E-state index contributed by atoms with van der Waals surface area (Å²) in [4.78, 5) is 26.8. The molecule has 2 heterocycles. The number of carbonyl (C=O) groups is 2. The molecule has 26 heavy (non-hydrogen) atoms. The molecule has 0 saturated carbocycles. The molecule has 0 aromatic heterocycles. The van der Waals surface area contributed by atoms with Crippen LogP contribution in [-0.2, 0) is 14.8 Å². The second kappa shape index (κ2) is 7.54. The number of carbonyl (C=O) groups excluding carboxylic acids is 2. The number of hydrogen-bond donors (Lipinski definition) is 1. The number of sulfonamides is 1.